The molecule has 0 amide bonds. The first-order chi connectivity index (χ1) is 33.4. The highest BCUT2D eigenvalue weighted by Gasteiger charge is 2.26. The summed E-state index contributed by atoms with van der Waals surface area (Å²) in [5.74, 6) is -0.0829. The molecular weight excluding hydrogens is 874 g/mol. The van der Waals surface area contributed by atoms with Gasteiger partial charge < -0.3 is 14.2 Å². The maximum Gasteiger partial charge on any atom is 0.474 e. The second-order valence-electron chi connectivity index (χ2n) is 20.2. The molecule has 1 heterocycles. The lowest BCUT2D eigenvalue weighted by atomic mass is 10.0. The average Bonchev–Trinajstić information content (AvgIpc) is 3.34. The number of carbonyl (C=O) groups excluding carboxylic acids is 2. The van der Waals surface area contributed by atoms with Gasteiger partial charge in [0.15, 0.2) is 0 Å². The third-order valence-electron chi connectivity index (χ3n) is 13.6. The Morgan fingerprint density at radius 1 is 0.412 bits per heavy atom. The van der Waals surface area contributed by atoms with E-state index < -0.39 is 7.82 Å². The van der Waals surface area contributed by atoms with Crippen LogP contribution >= 0.6 is 7.82 Å². The molecule has 0 N–H and O–H groups in total. The number of hydrogen-bond donors (Lipinski definition) is 0. The number of esters is 2. The molecule has 0 aromatic carbocycles. The smallest absolute Gasteiger partial charge is 0.462 e. The molecule has 68 heavy (non-hydrogen) atoms. The Labute approximate surface area is 420 Å². The molecule has 1 aliphatic rings. The summed E-state index contributed by atoms with van der Waals surface area (Å²) in [6, 6.07) is 0. The van der Waals surface area contributed by atoms with E-state index in [4.69, 9.17) is 27.8 Å². The topological polar surface area (TPSA) is 110 Å². The number of nitrogens with zero attached hydrogens (tertiary/aromatic N) is 1. The Kier molecular flexibility index (Phi) is 47.3. The number of ether oxygens (including phenoxy) is 3. The molecule has 0 bridgehead atoms. The van der Waals surface area contributed by atoms with Crippen molar-refractivity contribution in [2.45, 2.75) is 303 Å². The Morgan fingerprint density at radius 3 is 1.06 bits per heavy atom. The number of phosphoric acid groups is 1. The molecule has 0 aromatic heterocycles. The van der Waals surface area contributed by atoms with Gasteiger partial charge in [-0.15, -0.1) is 0 Å². The summed E-state index contributed by atoms with van der Waals surface area (Å²) in [5, 5.41) is 0. The number of hydrogen-bond acceptors (Lipinski definition) is 10. The first kappa shape index (κ1) is 65.0. The van der Waals surface area contributed by atoms with E-state index in [1.165, 1.54) is 128 Å². The van der Waals surface area contributed by atoms with Crippen molar-refractivity contribution >= 4 is 19.8 Å². The van der Waals surface area contributed by atoms with Gasteiger partial charge in [-0.25, -0.2) is 4.57 Å². The zero-order chi connectivity index (χ0) is 49.3. The van der Waals surface area contributed by atoms with Gasteiger partial charge >= 0.3 is 19.8 Å². The lowest BCUT2D eigenvalue weighted by Crippen LogP contribution is -2.37. The normalized spacial score (nSPS) is 13.6. The van der Waals surface area contributed by atoms with E-state index in [0.717, 1.165) is 155 Å². The van der Waals surface area contributed by atoms with Crippen molar-refractivity contribution in [2.24, 2.45) is 0 Å². The fourth-order valence-electron chi connectivity index (χ4n) is 9.18. The van der Waals surface area contributed by atoms with Crippen LogP contribution in [-0.2, 0) is 41.9 Å². The van der Waals surface area contributed by atoms with Gasteiger partial charge in [0.2, 0.25) is 0 Å². The Hall–Kier alpha value is -1.03. The summed E-state index contributed by atoms with van der Waals surface area (Å²) in [6.07, 6.45) is 45.0. The molecule has 1 aliphatic heterocycles. The molecule has 0 saturated carbocycles. The number of unbranched alkanes of at least 4 members (excludes halogenated alkanes) is 28. The van der Waals surface area contributed by atoms with Crippen LogP contribution in [0.3, 0.4) is 0 Å². The standard InChI is InChI=1S/C57H112NO9P/c1-5-9-13-17-23-31-40-54(41-32-24-18-14-10-6-2)66-56(59)44-35-27-21-29-37-49-63-68(61,65-51-39-46-58-47-52-62-53-48-58)64-50-38-30-22-28-36-45-57(60)67-55(42-33-25-19-15-11-7-3)43-34-26-20-16-12-8-4/h54-55H,5-53H2,1-4H3. The van der Waals surface area contributed by atoms with E-state index in [-0.39, 0.29) is 24.1 Å². The zero-order valence-corrected chi connectivity index (χ0v) is 46.3. The quantitative estimate of drug-likeness (QED) is 0.0332. The third kappa shape index (κ3) is 42.6. The van der Waals surface area contributed by atoms with Crippen LogP contribution in [0.1, 0.15) is 291 Å². The van der Waals surface area contributed by atoms with Crippen molar-refractivity contribution in [3.05, 3.63) is 0 Å². The van der Waals surface area contributed by atoms with Crippen LogP contribution in [-0.4, -0.2) is 81.7 Å². The van der Waals surface area contributed by atoms with E-state index in [1.807, 2.05) is 0 Å². The minimum Gasteiger partial charge on any atom is -0.462 e. The minimum absolute atomic E-state index is 0.0414. The van der Waals surface area contributed by atoms with E-state index in [9.17, 15) is 14.2 Å². The van der Waals surface area contributed by atoms with Gasteiger partial charge in [-0.3, -0.25) is 28.1 Å². The van der Waals surface area contributed by atoms with E-state index in [0.29, 0.717) is 32.7 Å². The second-order valence-corrected chi connectivity index (χ2v) is 21.9. The molecule has 404 valence electrons. The predicted molar refractivity (Wildman–Crippen MR) is 284 cm³/mol. The van der Waals surface area contributed by atoms with Crippen molar-refractivity contribution in [3.8, 4) is 0 Å². The Balaban J connectivity index is 2.42. The maximum atomic E-state index is 13.8. The van der Waals surface area contributed by atoms with Gasteiger partial charge in [-0.2, -0.15) is 0 Å². The molecule has 1 rings (SSSR count). The maximum absolute atomic E-state index is 13.8. The lowest BCUT2D eigenvalue weighted by molar-refractivity contribution is -0.151. The third-order valence-corrected chi connectivity index (χ3v) is 15.1. The number of morpholine rings is 1. The first-order valence-corrected chi connectivity index (χ1v) is 31.0. The summed E-state index contributed by atoms with van der Waals surface area (Å²) in [4.78, 5) is 28.1. The van der Waals surface area contributed by atoms with Crippen LogP contribution in [0.2, 0.25) is 0 Å². The second kappa shape index (κ2) is 49.5. The molecule has 11 heteroatoms. The van der Waals surface area contributed by atoms with Gasteiger partial charge in [0.05, 0.1) is 33.0 Å². The van der Waals surface area contributed by atoms with Gasteiger partial charge in [0, 0.05) is 32.5 Å². The van der Waals surface area contributed by atoms with Crippen LogP contribution in [0.25, 0.3) is 0 Å². The van der Waals surface area contributed by atoms with Crippen molar-refractivity contribution in [1.29, 1.82) is 0 Å². The molecule has 0 radical (unpaired) electrons. The van der Waals surface area contributed by atoms with Crippen molar-refractivity contribution in [1.82, 2.24) is 4.90 Å². The molecule has 0 unspecified atom stereocenters. The molecule has 1 fully saturated rings. The average molecular weight is 986 g/mol. The fraction of sp³-hybridized carbons (Fsp3) is 0.965. The van der Waals surface area contributed by atoms with Crippen molar-refractivity contribution < 1.29 is 41.9 Å². The molecule has 0 atom stereocenters. The van der Waals surface area contributed by atoms with Crippen LogP contribution < -0.4 is 0 Å². The van der Waals surface area contributed by atoms with Gasteiger partial charge in [-0.1, -0.05) is 195 Å². The summed E-state index contributed by atoms with van der Waals surface area (Å²) in [7, 11) is -3.69. The minimum atomic E-state index is -3.69. The Morgan fingerprint density at radius 2 is 0.706 bits per heavy atom. The molecule has 0 aliphatic carbocycles. The predicted octanol–water partition coefficient (Wildman–Crippen LogP) is 17.4. The van der Waals surface area contributed by atoms with Crippen LogP contribution in [0, 0.1) is 0 Å². The van der Waals surface area contributed by atoms with Crippen LogP contribution in [0.15, 0.2) is 0 Å². The zero-order valence-electron chi connectivity index (χ0n) is 45.4. The molecule has 0 spiro atoms. The molecule has 0 aromatic rings. The number of phosphoric ester groups is 1. The highest BCUT2D eigenvalue weighted by atomic mass is 31.2. The SMILES string of the molecule is CCCCCCCCC(CCCCCCCC)OC(=O)CCCCCCCOP(=O)(OCCCCCCCC(=O)OC(CCCCCCCC)CCCCCCCC)OCCCN1CCOCC1. The summed E-state index contributed by atoms with van der Waals surface area (Å²) in [5.41, 5.74) is 0. The first-order valence-electron chi connectivity index (χ1n) is 29.6. The van der Waals surface area contributed by atoms with E-state index >= 15 is 0 Å². The monoisotopic (exact) mass is 986 g/mol. The van der Waals surface area contributed by atoms with Gasteiger partial charge in [0.25, 0.3) is 0 Å². The highest BCUT2D eigenvalue weighted by molar-refractivity contribution is 7.48. The summed E-state index contributed by atoms with van der Waals surface area (Å²) in [6.45, 7) is 14.1. The summed E-state index contributed by atoms with van der Waals surface area (Å²) < 4.78 is 48.9. The number of rotatable bonds is 53. The largest absolute Gasteiger partial charge is 0.474 e. The van der Waals surface area contributed by atoms with Crippen LogP contribution in [0.4, 0.5) is 0 Å². The number of carbonyl (C=O) groups is 2. The van der Waals surface area contributed by atoms with E-state index in [1.54, 1.807) is 0 Å². The highest BCUT2D eigenvalue weighted by Crippen LogP contribution is 2.50. The molecule has 10 nitrogen and oxygen atoms in total. The Bertz CT molecular complexity index is 1040. The van der Waals surface area contributed by atoms with Crippen molar-refractivity contribution in [2.75, 3.05) is 52.7 Å². The van der Waals surface area contributed by atoms with Crippen molar-refractivity contribution in [3.63, 3.8) is 0 Å². The van der Waals surface area contributed by atoms with Gasteiger partial charge in [-0.05, 0) is 83.5 Å². The lowest BCUT2D eigenvalue weighted by Gasteiger charge is -2.26. The fourth-order valence-corrected chi connectivity index (χ4v) is 10.5. The molecular formula is C57H112NO9P. The summed E-state index contributed by atoms with van der Waals surface area (Å²) >= 11 is 0. The van der Waals surface area contributed by atoms with E-state index in [2.05, 4.69) is 32.6 Å². The molecule has 1 saturated heterocycles. The van der Waals surface area contributed by atoms with Gasteiger partial charge in [0.1, 0.15) is 12.2 Å². The van der Waals surface area contributed by atoms with Crippen LogP contribution in [0.5, 0.6) is 0 Å².